The van der Waals surface area contributed by atoms with E-state index in [2.05, 4.69) is 15.5 Å². The third kappa shape index (κ3) is 7.11. The first-order valence-corrected chi connectivity index (χ1v) is 10.5. The zero-order valence-electron chi connectivity index (χ0n) is 18.4. The van der Waals surface area contributed by atoms with Crippen molar-refractivity contribution in [3.8, 4) is 11.5 Å². The van der Waals surface area contributed by atoms with Crippen LogP contribution in [0.3, 0.4) is 0 Å². The van der Waals surface area contributed by atoms with Crippen molar-refractivity contribution in [1.29, 1.82) is 0 Å². The lowest BCUT2D eigenvalue weighted by atomic mass is 10.2. The summed E-state index contributed by atoms with van der Waals surface area (Å²) >= 11 is 0. The largest absolute Gasteiger partial charge is 0.493 e. The van der Waals surface area contributed by atoms with Crippen LogP contribution in [0.5, 0.6) is 11.5 Å². The molecule has 32 heavy (non-hydrogen) atoms. The van der Waals surface area contributed by atoms with Gasteiger partial charge in [0.25, 0.3) is 5.91 Å². The van der Waals surface area contributed by atoms with E-state index in [0.717, 1.165) is 18.7 Å². The third-order valence-corrected chi connectivity index (χ3v) is 4.83. The van der Waals surface area contributed by atoms with Crippen LogP contribution < -0.4 is 20.1 Å². The summed E-state index contributed by atoms with van der Waals surface area (Å²) in [6, 6.07) is 12.5. The van der Waals surface area contributed by atoms with E-state index in [-0.39, 0.29) is 18.4 Å². The normalized spacial score (nSPS) is 14.2. The monoisotopic (exact) mass is 439 g/mol. The number of carbonyl (C=O) groups excluding carboxylic acids is 2. The molecule has 1 heterocycles. The Bertz CT molecular complexity index is 937. The highest BCUT2D eigenvalue weighted by Crippen LogP contribution is 2.28. The van der Waals surface area contributed by atoms with Crippen molar-refractivity contribution in [2.75, 3.05) is 57.2 Å². The highest BCUT2D eigenvalue weighted by atomic mass is 16.5. The summed E-state index contributed by atoms with van der Waals surface area (Å²) in [7, 11) is 1.56. The van der Waals surface area contributed by atoms with Crippen molar-refractivity contribution in [3.63, 3.8) is 0 Å². The molecule has 0 saturated carbocycles. The van der Waals surface area contributed by atoms with Gasteiger partial charge in [-0.1, -0.05) is 18.2 Å². The van der Waals surface area contributed by atoms with Gasteiger partial charge in [0.15, 0.2) is 18.1 Å². The number of benzene rings is 2. The Morgan fingerprint density at radius 3 is 2.28 bits per heavy atom. The number of anilines is 2. The summed E-state index contributed by atoms with van der Waals surface area (Å²) in [6.45, 7) is 4.93. The lowest BCUT2D eigenvalue weighted by Gasteiger charge is -2.25. The van der Waals surface area contributed by atoms with Crippen LogP contribution in [0.4, 0.5) is 11.4 Å². The van der Waals surface area contributed by atoms with E-state index in [1.807, 2.05) is 31.2 Å². The molecule has 3 rings (SSSR count). The van der Waals surface area contributed by atoms with Crippen LogP contribution in [0.1, 0.15) is 12.5 Å². The minimum atomic E-state index is -0.298. The molecule has 0 spiro atoms. The molecule has 2 aromatic carbocycles. The Kier molecular flexibility index (Phi) is 8.65. The van der Waals surface area contributed by atoms with Gasteiger partial charge in [0.2, 0.25) is 5.91 Å². The molecule has 0 radical (unpaired) electrons. The molecule has 1 aliphatic heterocycles. The highest BCUT2D eigenvalue weighted by molar-refractivity contribution is 5.94. The van der Waals surface area contributed by atoms with Crippen molar-refractivity contribution in [3.05, 3.63) is 54.1 Å². The number of hydrogen-bond donors (Lipinski definition) is 2. The minimum Gasteiger partial charge on any atom is -0.493 e. The van der Waals surface area contributed by atoms with Gasteiger partial charge in [-0.05, 0) is 48.9 Å². The summed E-state index contributed by atoms with van der Waals surface area (Å²) < 4.78 is 16.2. The molecule has 2 N–H and O–H groups in total. The molecule has 0 atom stereocenters. The van der Waals surface area contributed by atoms with Crippen LogP contribution in [-0.4, -0.2) is 63.3 Å². The molecule has 8 nitrogen and oxygen atoms in total. The molecule has 1 saturated heterocycles. The smallest absolute Gasteiger partial charge is 0.262 e. The fraction of sp³-hybridized carbons (Fsp3) is 0.333. The van der Waals surface area contributed by atoms with E-state index in [0.29, 0.717) is 42.6 Å². The number of carbonyl (C=O) groups is 2. The quantitative estimate of drug-likeness (QED) is 0.624. The Morgan fingerprint density at radius 1 is 1.00 bits per heavy atom. The average molecular weight is 440 g/mol. The molecular formula is C24H29N3O5. The number of nitrogens with zero attached hydrogens (tertiary/aromatic N) is 1. The van der Waals surface area contributed by atoms with Crippen LogP contribution >= 0.6 is 0 Å². The van der Waals surface area contributed by atoms with Crippen molar-refractivity contribution in [2.24, 2.45) is 0 Å². The van der Waals surface area contributed by atoms with Gasteiger partial charge in [-0.3, -0.25) is 14.5 Å². The van der Waals surface area contributed by atoms with Gasteiger partial charge in [-0.25, -0.2) is 0 Å². The first kappa shape index (κ1) is 23.3. The highest BCUT2D eigenvalue weighted by Gasteiger charge is 2.14. The first-order chi connectivity index (χ1) is 15.6. The second-order valence-corrected chi connectivity index (χ2v) is 7.26. The van der Waals surface area contributed by atoms with Crippen LogP contribution in [0.2, 0.25) is 0 Å². The maximum absolute atomic E-state index is 12.3. The molecule has 0 bridgehead atoms. The summed E-state index contributed by atoms with van der Waals surface area (Å²) in [6.07, 6.45) is 3.89. The molecule has 170 valence electrons. The third-order valence-electron chi connectivity index (χ3n) is 4.83. The first-order valence-electron chi connectivity index (χ1n) is 10.5. The van der Waals surface area contributed by atoms with Crippen LogP contribution in [0.15, 0.2) is 48.5 Å². The standard InChI is InChI=1S/C24H29N3O5/c1-3-4-18-5-10-21(22(15-18)30-2)32-17-24(29)26-20-8-6-19(7-9-20)25-23(28)16-27-11-13-31-14-12-27/h3-10,15H,11-14,16-17H2,1-2H3,(H,25,28)(H,26,29)/b4-3+. The maximum Gasteiger partial charge on any atom is 0.262 e. The summed E-state index contributed by atoms with van der Waals surface area (Å²) in [4.78, 5) is 26.5. The predicted molar refractivity (Wildman–Crippen MR) is 124 cm³/mol. The Balaban J connectivity index is 1.46. The Labute approximate surface area is 188 Å². The Hall–Kier alpha value is -3.36. The van der Waals surface area contributed by atoms with Gasteiger partial charge >= 0.3 is 0 Å². The van der Waals surface area contributed by atoms with E-state index in [9.17, 15) is 9.59 Å². The zero-order valence-corrected chi connectivity index (χ0v) is 18.4. The minimum absolute atomic E-state index is 0.0773. The maximum atomic E-state index is 12.3. The second kappa shape index (κ2) is 11.9. The molecule has 0 unspecified atom stereocenters. The van der Waals surface area contributed by atoms with Crippen molar-refractivity contribution in [1.82, 2.24) is 4.90 Å². The number of methoxy groups -OCH3 is 1. The molecule has 0 aromatic heterocycles. The summed E-state index contributed by atoms with van der Waals surface area (Å²) in [5.41, 5.74) is 2.27. The molecule has 2 aromatic rings. The molecule has 1 fully saturated rings. The van der Waals surface area contributed by atoms with Crippen LogP contribution in [-0.2, 0) is 14.3 Å². The Morgan fingerprint density at radius 2 is 1.66 bits per heavy atom. The zero-order chi connectivity index (χ0) is 22.8. The van der Waals surface area contributed by atoms with Crippen molar-refractivity contribution in [2.45, 2.75) is 6.92 Å². The topological polar surface area (TPSA) is 89.1 Å². The van der Waals surface area contributed by atoms with E-state index in [1.54, 1.807) is 37.4 Å². The fourth-order valence-electron chi connectivity index (χ4n) is 3.24. The number of amides is 2. The molecule has 1 aliphatic rings. The number of ether oxygens (including phenoxy) is 3. The van der Waals surface area contributed by atoms with Gasteiger partial charge < -0.3 is 24.8 Å². The van der Waals surface area contributed by atoms with Crippen molar-refractivity contribution < 1.29 is 23.8 Å². The van der Waals surface area contributed by atoms with E-state index < -0.39 is 0 Å². The number of morpholine rings is 1. The summed E-state index contributed by atoms with van der Waals surface area (Å²) in [5, 5.41) is 5.64. The van der Waals surface area contributed by atoms with Crippen LogP contribution in [0.25, 0.3) is 6.08 Å². The lowest BCUT2D eigenvalue weighted by molar-refractivity contribution is -0.119. The molecular weight excluding hydrogens is 410 g/mol. The van der Waals surface area contributed by atoms with Gasteiger partial charge in [-0.2, -0.15) is 0 Å². The van der Waals surface area contributed by atoms with Gasteiger partial charge in [0, 0.05) is 24.5 Å². The van der Waals surface area contributed by atoms with Crippen LogP contribution in [0, 0.1) is 0 Å². The van der Waals surface area contributed by atoms with E-state index >= 15 is 0 Å². The number of allylic oxidation sites excluding steroid dienone is 1. The van der Waals surface area contributed by atoms with E-state index in [1.165, 1.54) is 0 Å². The fourth-order valence-corrected chi connectivity index (χ4v) is 3.24. The second-order valence-electron chi connectivity index (χ2n) is 7.26. The molecule has 0 aliphatic carbocycles. The van der Waals surface area contributed by atoms with E-state index in [4.69, 9.17) is 14.2 Å². The van der Waals surface area contributed by atoms with Gasteiger partial charge in [0.05, 0.1) is 26.9 Å². The number of rotatable bonds is 9. The predicted octanol–water partition coefficient (Wildman–Crippen LogP) is 3.02. The van der Waals surface area contributed by atoms with Crippen molar-refractivity contribution >= 4 is 29.3 Å². The van der Waals surface area contributed by atoms with Gasteiger partial charge in [-0.15, -0.1) is 0 Å². The lowest BCUT2D eigenvalue weighted by Crippen LogP contribution is -2.41. The van der Waals surface area contributed by atoms with Gasteiger partial charge in [0.1, 0.15) is 0 Å². The SMILES string of the molecule is C/C=C/c1ccc(OCC(=O)Nc2ccc(NC(=O)CN3CCOCC3)cc2)c(OC)c1. The average Bonchev–Trinajstić information content (AvgIpc) is 2.80. The molecule has 2 amide bonds. The molecule has 8 heteroatoms. The number of hydrogen-bond acceptors (Lipinski definition) is 6. The number of nitrogens with one attached hydrogen (secondary N) is 2. The summed E-state index contributed by atoms with van der Waals surface area (Å²) in [5.74, 6) is 0.681.